The van der Waals surface area contributed by atoms with Gasteiger partial charge in [0, 0.05) is 13.1 Å². The maximum atomic E-state index is 12.8. The molecule has 1 aliphatic heterocycles. The van der Waals surface area contributed by atoms with Crippen molar-refractivity contribution in [3.8, 4) is 0 Å². The fraction of sp³-hybridized carbons (Fsp3) is 0.588. The molecule has 2 N–H and O–H groups in total. The van der Waals surface area contributed by atoms with Crippen LogP contribution in [0.25, 0.3) is 0 Å². The third-order valence-electron chi connectivity index (χ3n) is 4.81. The summed E-state index contributed by atoms with van der Waals surface area (Å²) in [6, 6.07) is 8.47. The van der Waals surface area contributed by atoms with Crippen molar-refractivity contribution in [2.75, 3.05) is 6.54 Å². The molecule has 0 saturated heterocycles. The summed E-state index contributed by atoms with van der Waals surface area (Å²) in [5, 5.41) is 0. The molecular weight excluding hydrogens is 248 g/mol. The zero-order valence-corrected chi connectivity index (χ0v) is 12.1. The zero-order chi connectivity index (χ0) is 14.0. The van der Waals surface area contributed by atoms with Gasteiger partial charge < -0.3 is 10.6 Å². The molecule has 1 aromatic rings. The first-order valence-electron chi connectivity index (χ1n) is 7.84. The Balaban J connectivity index is 1.78. The average molecular weight is 272 g/mol. The van der Waals surface area contributed by atoms with Crippen molar-refractivity contribution in [1.82, 2.24) is 4.90 Å². The normalized spacial score (nSPS) is 21.9. The maximum absolute atomic E-state index is 12.8. The van der Waals surface area contributed by atoms with Crippen molar-refractivity contribution in [3.05, 3.63) is 35.4 Å². The van der Waals surface area contributed by atoms with Crippen LogP contribution in [0, 0.1) is 0 Å². The monoisotopic (exact) mass is 272 g/mol. The van der Waals surface area contributed by atoms with E-state index in [2.05, 4.69) is 24.3 Å². The smallest absolute Gasteiger partial charge is 0.242 e. The van der Waals surface area contributed by atoms with Crippen LogP contribution in [0.15, 0.2) is 24.3 Å². The lowest BCUT2D eigenvalue weighted by molar-refractivity contribution is -0.138. The third kappa shape index (κ3) is 2.59. The molecule has 0 spiro atoms. The van der Waals surface area contributed by atoms with Gasteiger partial charge in [0.1, 0.15) is 0 Å². The van der Waals surface area contributed by atoms with E-state index in [1.165, 1.54) is 17.5 Å². The first-order chi connectivity index (χ1) is 9.69. The number of nitrogens with two attached hydrogens (primary N) is 1. The quantitative estimate of drug-likeness (QED) is 0.854. The zero-order valence-electron chi connectivity index (χ0n) is 12.1. The second-order valence-corrected chi connectivity index (χ2v) is 6.32. The Morgan fingerprint density at radius 3 is 2.50 bits per heavy atom. The Bertz CT molecular complexity index is 492. The van der Waals surface area contributed by atoms with Crippen LogP contribution in [-0.2, 0) is 17.8 Å². The summed E-state index contributed by atoms with van der Waals surface area (Å²) in [5.74, 6) is 0.175. The average Bonchev–Trinajstić information content (AvgIpc) is 2.69. The number of amides is 1. The van der Waals surface area contributed by atoms with E-state index in [1.807, 2.05) is 4.90 Å². The SMILES string of the molecule is NC1(C(=O)N2CCCc3ccccc3C2)CCCCC1. The molecule has 1 heterocycles. The molecule has 1 aliphatic carbocycles. The lowest BCUT2D eigenvalue weighted by Crippen LogP contribution is -2.56. The van der Waals surface area contributed by atoms with Crippen LogP contribution in [-0.4, -0.2) is 22.9 Å². The lowest BCUT2D eigenvalue weighted by atomic mass is 9.81. The number of fused-ring (bicyclic) bond motifs is 1. The van der Waals surface area contributed by atoms with Crippen LogP contribution in [0.1, 0.15) is 49.7 Å². The highest BCUT2D eigenvalue weighted by Gasteiger charge is 2.38. The topological polar surface area (TPSA) is 46.3 Å². The highest BCUT2D eigenvalue weighted by Crippen LogP contribution is 2.29. The molecule has 20 heavy (non-hydrogen) atoms. The van der Waals surface area contributed by atoms with E-state index < -0.39 is 5.54 Å². The molecule has 0 aromatic heterocycles. The number of aryl methyl sites for hydroxylation is 1. The van der Waals surface area contributed by atoms with Crippen LogP contribution in [0.3, 0.4) is 0 Å². The van der Waals surface area contributed by atoms with Crippen LogP contribution in [0.4, 0.5) is 0 Å². The Kier molecular flexibility index (Phi) is 3.79. The number of nitrogens with zero attached hydrogens (tertiary/aromatic N) is 1. The number of hydrogen-bond donors (Lipinski definition) is 1. The van der Waals surface area contributed by atoms with Gasteiger partial charge in [0.15, 0.2) is 0 Å². The van der Waals surface area contributed by atoms with Gasteiger partial charge in [0.25, 0.3) is 0 Å². The molecule has 3 heteroatoms. The minimum absolute atomic E-state index is 0.175. The van der Waals surface area contributed by atoms with Crippen molar-refractivity contribution >= 4 is 5.91 Å². The number of rotatable bonds is 1. The van der Waals surface area contributed by atoms with Gasteiger partial charge >= 0.3 is 0 Å². The second-order valence-electron chi connectivity index (χ2n) is 6.32. The summed E-state index contributed by atoms with van der Waals surface area (Å²) in [4.78, 5) is 14.8. The van der Waals surface area contributed by atoms with Crippen molar-refractivity contribution < 1.29 is 4.79 Å². The molecule has 3 nitrogen and oxygen atoms in total. The highest BCUT2D eigenvalue weighted by atomic mass is 16.2. The van der Waals surface area contributed by atoms with E-state index in [4.69, 9.17) is 5.73 Å². The van der Waals surface area contributed by atoms with Crippen LogP contribution < -0.4 is 5.73 Å². The first-order valence-corrected chi connectivity index (χ1v) is 7.84. The minimum atomic E-state index is -0.600. The number of hydrogen-bond acceptors (Lipinski definition) is 2. The van der Waals surface area contributed by atoms with Crippen molar-refractivity contribution in [2.45, 2.75) is 57.0 Å². The van der Waals surface area contributed by atoms with Crippen molar-refractivity contribution in [3.63, 3.8) is 0 Å². The van der Waals surface area contributed by atoms with Gasteiger partial charge in [0.05, 0.1) is 5.54 Å². The molecule has 0 atom stereocenters. The van der Waals surface area contributed by atoms with Crippen molar-refractivity contribution in [1.29, 1.82) is 0 Å². The van der Waals surface area contributed by atoms with E-state index in [0.717, 1.165) is 51.6 Å². The molecule has 3 rings (SSSR count). The predicted octanol–water partition coefficient (Wildman–Crippen LogP) is 2.62. The summed E-state index contributed by atoms with van der Waals surface area (Å²) in [6.45, 7) is 1.57. The molecule has 1 saturated carbocycles. The van der Waals surface area contributed by atoms with Crippen LogP contribution in [0.2, 0.25) is 0 Å². The maximum Gasteiger partial charge on any atom is 0.242 e. The minimum Gasteiger partial charge on any atom is -0.337 e. The molecule has 1 fully saturated rings. The summed E-state index contributed by atoms with van der Waals surface area (Å²) in [6.07, 6.45) is 7.21. The van der Waals surface area contributed by atoms with Gasteiger partial charge in [-0.2, -0.15) is 0 Å². The number of benzene rings is 1. The molecule has 108 valence electrons. The van der Waals surface area contributed by atoms with Gasteiger partial charge in [-0.25, -0.2) is 0 Å². The van der Waals surface area contributed by atoms with Gasteiger partial charge in [0.2, 0.25) is 5.91 Å². The first kappa shape index (κ1) is 13.6. The van der Waals surface area contributed by atoms with E-state index in [0.29, 0.717) is 0 Å². The van der Waals surface area contributed by atoms with E-state index in [9.17, 15) is 4.79 Å². The molecule has 1 amide bonds. The number of carbonyl (C=O) groups is 1. The summed E-state index contributed by atoms with van der Waals surface area (Å²) >= 11 is 0. The fourth-order valence-corrected chi connectivity index (χ4v) is 3.59. The van der Waals surface area contributed by atoms with Crippen LogP contribution in [0.5, 0.6) is 0 Å². The largest absolute Gasteiger partial charge is 0.337 e. The van der Waals surface area contributed by atoms with E-state index >= 15 is 0 Å². The molecule has 0 radical (unpaired) electrons. The highest BCUT2D eigenvalue weighted by molar-refractivity contribution is 5.86. The molecule has 1 aromatic carbocycles. The Morgan fingerprint density at radius 2 is 1.75 bits per heavy atom. The number of carbonyl (C=O) groups excluding carboxylic acids is 1. The molecule has 0 bridgehead atoms. The van der Waals surface area contributed by atoms with Crippen molar-refractivity contribution in [2.24, 2.45) is 5.73 Å². The van der Waals surface area contributed by atoms with Crippen LogP contribution >= 0.6 is 0 Å². The molecular formula is C17H24N2O. The van der Waals surface area contributed by atoms with E-state index in [1.54, 1.807) is 0 Å². The molecule has 2 aliphatic rings. The predicted molar refractivity (Wildman–Crippen MR) is 80.2 cm³/mol. The van der Waals surface area contributed by atoms with Gasteiger partial charge in [-0.05, 0) is 36.8 Å². The fourth-order valence-electron chi connectivity index (χ4n) is 3.59. The molecule has 0 unspecified atom stereocenters. The van der Waals surface area contributed by atoms with Gasteiger partial charge in [-0.3, -0.25) is 4.79 Å². The Morgan fingerprint density at radius 1 is 1.05 bits per heavy atom. The lowest BCUT2D eigenvalue weighted by Gasteiger charge is -2.36. The second kappa shape index (κ2) is 5.57. The van der Waals surface area contributed by atoms with E-state index in [-0.39, 0.29) is 5.91 Å². The Labute approximate surface area is 121 Å². The summed E-state index contributed by atoms with van der Waals surface area (Å²) in [5.41, 5.74) is 8.49. The standard InChI is InChI=1S/C17H24N2O/c18-17(10-4-1-5-11-17)16(20)19-12-6-9-14-7-2-3-8-15(14)13-19/h2-3,7-8H,1,4-6,9-13,18H2. The summed E-state index contributed by atoms with van der Waals surface area (Å²) < 4.78 is 0. The van der Waals surface area contributed by atoms with Gasteiger partial charge in [-0.1, -0.05) is 43.5 Å². The Hall–Kier alpha value is -1.35. The van der Waals surface area contributed by atoms with Gasteiger partial charge in [-0.15, -0.1) is 0 Å². The third-order valence-corrected chi connectivity index (χ3v) is 4.81. The summed E-state index contributed by atoms with van der Waals surface area (Å²) in [7, 11) is 0.